The van der Waals surface area contributed by atoms with E-state index in [1.54, 1.807) is 0 Å². The van der Waals surface area contributed by atoms with E-state index in [1.165, 1.54) is 26.0 Å². The molecular weight excluding hydrogens is 513 g/mol. The first-order chi connectivity index (χ1) is 17.3. The number of amides is 2. The number of nitrogens with zero attached hydrogens (tertiary/aromatic N) is 2. The number of hydrogen-bond donors (Lipinski definition) is 8. The normalized spacial score (nSPS) is 16.4. The monoisotopic (exact) mass is 539 g/mol. The van der Waals surface area contributed by atoms with Gasteiger partial charge in [0.25, 0.3) is 5.91 Å². The summed E-state index contributed by atoms with van der Waals surface area (Å²) in [5.74, 6) is -6.34. The predicted molar refractivity (Wildman–Crippen MR) is 132 cm³/mol. The van der Waals surface area contributed by atoms with Crippen molar-refractivity contribution in [2.45, 2.75) is 37.9 Å². The van der Waals surface area contributed by atoms with E-state index < -0.39 is 71.9 Å². The van der Waals surface area contributed by atoms with Gasteiger partial charge in [0, 0.05) is 5.75 Å². The molecule has 0 saturated heterocycles. The highest BCUT2D eigenvalue weighted by molar-refractivity contribution is 8.14. The standard InChI is InChI=1S/C20H26BN5O10S/c1-20(2,18(32)33)36-26-14(11-8-37-19(23-11)25-13(27)7-22)16(29)24-12(21(34)35)6-9-4-3-5-10(15(9)28)17(30)31/h3-5,11-12,28,34-35H,6-8,22H2,1-2H3,(H,24,29)(H,30,31)(H,32,33)(H,23,25,27)/b26-14-/t11?,12-/m0/s1. The van der Waals surface area contributed by atoms with Gasteiger partial charge in [-0.3, -0.25) is 14.6 Å². The summed E-state index contributed by atoms with van der Waals surface area (Å²) < 4.78 is 0. The number of nitrogens with two attached hydrogens (primary N) is 1. The Bertz CT molecular complexity index is 1130. The first kappa shape index (κ1) is 29.6. The minimum Gasteiger partial charge on any atom is -0.507 e. The zero-order valence-electron chi connectivity index (χ0n) is 19.7. The lowest BCUT2D eigenvalue weighted by atomic mass is 9.75. The predicted octanol–water partition coefficient (Wildman–Crippen LogP) is -2.09. The van der Waals surface area contributed by atoms with Crippen LogP contribution in [-0.2, 0) is 25.6 Å². The molecule has 1 aromatic carbocycles. The minimum atomic E-state index is -2.16. The summed E-state index contributed by atoms with van der Waals surface area (Å²) in [7, 11) is -2.16. The van der Waals surface area contributed by atoms with Gasteiger partial charge in [-0.15, -0.1) is 0 Å². The van der Waals surface area contributed by atoms with Crippen LogP contribution >= 0.6 is 11.8 Å². The number of thioether (sulfide) groups is 1. The van der Waals surface area contributed by atoms with E-state index in [1.807, 2.05) is 0 Å². The molecule has 0 spiro atoms. The van der Waals surface area contributed by atoms with Crippen molar-refractivity contribution in [3.63, 3.8) is 0 Å². The molecule has 0 bridgehead atoms. The van der Waals surface area contributed by atoms with E-state index >= 15 is 0 Å². The number of hydrogen-bond acceptors (Lipinski definition) is 12. The van der Waals surface area contributed by atoms with Gasteiger partial charge in [0.2, 0.25) is 11.5 Å². The summed E-state index contributed by atoms with van der Waals surface area (Å²) in [5.41, 5.74) is 2.56. The lowest BCUT2D eigenvalue weighted by Crippen LogP contribution is -2.51. The fraction of sp³-hybridized carbons (Fsp3) is 0.400. The summed E-state index contributed by atoms with van der Waals surface area (Å²) >= 11 is 1.06. The number of para-hydroxylation sites is 1. The molecule has 0 radical (unpaired) electrons. The Labute approximate surface area is 214 Å². The van der Waals surface area contributed by atoms with Crippen molar-refractivity contribution >= 4 is 53.5 Å². The number of carbonyl (C=O) groups excluding carboxylic acids is 2. The van der Waals surface area contributed by atoms with E-state index in [2.05, 4.69) is 20.8 Å². The van der Waals surface area contributed by atoms with Crippen LogP contribution in [0.4, 0.5) is 0 Å². The van der Waals surface area contributed by atoms with Crippen molar-refractivity contribution in [3.05, 3.63) is 29.3 Å². The molecule has 1 aromatic rings. The number of nitrogens with one attached hydrogen (secondary N) is 2. The van der Waals surface area contributed by atoms with Crippen molar-refractivity contribution in [1.29, 1.82) is 0 Å². The number of aliphatic carboxylic acids is 1. The summed E-state index contributed by atoms with van der Waals surface area (Å²) in [6.07, 6.45) is -0.397. The number of rotatable bonds is 11. The Hall–Kier alpha value is -3.67. The maximum Gasteiger partial charge on any atom is 0.475 e. The van der Waals surface area contributed by atoms with Crippen molar-refractivity contribution in [2.75, 3.05) is 12.3 Å². The first-order valence-corrected chi connectivity index (χ1v) is 11.7. The van der Waals surface area contributed by atoms with E-state index in [0.717, 1.165) is 17.8 Å². The van der Waals surface area contributed by atoms with Gasteiger partial charge in [0.05, 0.1) is 12.5 Å². The number of oxime groups is 1. The quantitative estimate of drug-likeness (QED) is 0.0856. The molecule has 2 amide bonds. The second-order valence-corrected chi connectivity index (χ2v) is 9.22. The lowest BCUT2D eigenvalue weighted by Gasteiger charge is -2.21. The van der Waals surface area contributed by atoms with Gasteiger partial charge in [-0.2, -0.15) is 0 Å². The molecular formula is C20H26BN5O10S. The second-order valence-electron chi connectivity index (χ2n) is 8.21. The summed E-state index contributed by atoms with van der Waals surface area (Å²) in [4.78, 5) is 56.6. The van der Waals surface area contributed by atoms with Crippen molar-refractivity contribution in [3.8, 4) is 5.75 Å². The summed E-state index contributed by atoms with van der Waals surface area (Å²) in [6.45, 7) is 2.06. The maximum atomic E-state index is 13.1. The third kappa shape index (κ3) is 7.91. The Morgan fingerprint density at radius 2 is 1.97 bits per heavy atom. The third-order valence-electron chi connectivity index (χ3n) is 4.98. The smallest absolute Gasteiger partial charge is 0.475 e. The van der Waals surface area contributed by atoms with Crippen LogP contribution in [0, 0.1) is 0 Å². The molecule has 0 aromatic heterocycles. The van der Waals surface area contributed by atoms with Gasteiger partial charge in [-0.05, 0) is 31.9 Å². The molecule has 2 atom stereocenters. The molecule has 200 valence electrons. The Morgan fingerprint density at radius 1 is 1.30 bits per heavy atom. The molecule has 0 aliphatic carbocycles. The highest BCUT2D eigenvalue weighted by Gasteiger charge is 2.36. The summed E-state index contributed by atoms with van der Waals surface area (Å²) in [6, 6.07) is 2.79. The third-order valence-corrected chi connectivity index (χ3v) is 5.95. The van der Waals surface area contributed by atoms with Gasteiger partial charge >= 0.3 is 19.1 Å². The fourth-order valence-electron chi connectivity index (χ4n) is 2.85. The molecule has 2 rings (SSSR count). The number of carbonyl (C=O) groups is 4. The SMILES string of the molecule is CC(C)(O/N=C(\C(=O)N[C@@H](Cc1cccc(C(=O)O)c1O)B(O)O)C1CSC(NC(=O)CN)=N1)C(=O)O. The fourth-order valence-corrected chi connectivity index (χ4v) is 3.78. The Morgan fingerprint density at radius 3 is 2.54 bits per heavy atom. The molecule has 37 heavy (non-hydrogen) atoms. The number of amidine groups is 1. The van der Waals surface area contributed by atoms with Crippen molar-refractivity contribution in [1.82, 2.24) is 10.6 Å². The van der Waals surface area contributed by atoms with Crippen LogP contribution in [0.25, 0.3) is 0 Å². The maximum absolute atomic E-state index is 13.1. The number of carboxylic acids is 2. The van der Waals surface area contributed by atoms with Crippen LogP contribution in [0.3, 0.4) is 0 Å². The van der Waals surface area contributed by atoms with Crippen molar-refractivity contribution < 1.29 is 49.4 Å². The zero-order chi connectivity index (χ0) is 27.9. The molecule has 1 aliphatic heterocycles. The average molecular weight is 539 g/mol. The molecule has 0 saturated carbocycles. The van der Waals surface area contributed by atoms with E-state index in [0.29, 0.717) is 0 Å². The van der Waals surface area contributed by atoms with E-state index in [-0.39, 0.29) is 23.0 Å². The zero-order valence-corrected chi connectivity index (χ0v) is 20.6. The lowest BCUT2D eigenvalue weighted by molar-refractivity contribution is -0.161. The summed E-state index contributed by atoms with van der Waals surface area (Å²) in [5, 5.41) is 56.9. The number of carboxylic acid groups (broad SMARTS) is 2. The molecule has 17 heteroatoms. The Balaban J connectivity index is 2.34. The van der Waals surface area contributed by atoms with Crippen LogP contribution in [0.5, 0.6) is 5.75 Å². The number of benzene rings is 1. The number of aromatic carboxylic acids is 1. The molecule has 15 nitrogen and oxygen atoms in total. The molecule has 0 fully saturated rings. The van der Waals surface area contributed by atoms with Crippen LogP contribution in [0.2, 0.25) is 0 Å². The van der Waals surface area contributed by atoms with Crippen LogP contribution in [-0.4, -0.2) is 97.0 Å². The molecule has 9 N–H and O–H groups in total. The van der Waals surface area contributed by atoms with Crippen molar-refractivity contribution in [2.24, 2.45) is 15.9 Å². The average Bonchev–Trinajstić information content (AvgIpc) is 3.27. The van der Waals surface area contributed by atoms with E-state index in [9.17, 15) is 44.5 Å². The topological polar surface area (TPSA) is 253 Å². The molecule has 1 aliphatic rings. The number of aromatic hydroxyl groups is 1. The van der Waals surface area contributed by atoms with Gasteiger partial charge in [0.1, 0.15) is 17.4 Å². The minimum absolute atomic E-state index is 0.00118. The second kappa shape index (κ2) is 12.5. The Kier molecular flexibility index (Phi) is 10.0. The van der Waals surface area contributed by atoms with Gasteiger partial charge in [-0.25, -0.2) is 9.59 Å². The van der Waals surface area contributed by atoms with Gasteiger partial charge < -0.3 is 46.6 Å². The number of phenols is 1. The molecule has 1 heterocycles. The largest absolute Gasteiger partial charge is 0.507 e. The van der Waals surface area contributed by atoms with Gasteiger partial charge in [-0.1, -0.05) is 29.1 Å². The van der Waals surface area contributed by atoms with Gasteiger partial charge in [0.15, 0.2) is 10.9 Å². The highest BCUT2D eigenvalue weighted by atomic mass is 32.2. The molecule has 1 unspecified atom stereocenters. The van der Waals surface area contributed by atoms with E-state index in [4.69, 9.17) is 10.6 Å². The number of aliphatic imine (C=N–C) groups is 1. The first-order valence-electron chi connectivity index (χ1n) is 10.7. The van der Waals surface area contributed by atoms with Crippen LogP contribution < -0.4 is 16.4 Å². The highest BCUT2D eigenvalue weighted by Crippen LogP contribution is 2.24. The van der Waals surface area contributed by atoms with Crippen LogP contribution in [0.1, 0.15) is 29.8 Å². The van der Waals surface area contributed by atoms with Crippen LogP contribution in [0.15, 0.2) is 28.3 Å².